The average Bonchev–Trinajstić information content (AvgIpc) is 3.42. The Hall–Kier alpha value is -3.67. The molecule has 6 nitrogen and oxygen atoms in total. The third-order valence-electron chi connectivity index (χ3n) is 13.8. The fourth-order valence-electron chi connectivity index (χ4n) is 9.02. The second-order valence-corrected chi connectivity index (χ2v) is 21.3. The van der Waals surface area contributed by atoms with E-state index in [2.05, 4.69) is 118 Å². The second-order valence-electron chi connectivity index (χ2n) is 21.3. The van der Waals surface area contributed by atoms with Crippen LogP contribution in [0.25, 0.3) is 0 Å². The van der Waals surface area contributed by atoms with Gasteiger partial charge < -0.3 is 14.2 Å². The van der Waals surface area contributed by atoms with E-state index in [0.29, 0.717) is 19.3 Å². The Labute approximate surface area is 470 Å². The van der Waals surface area contributed by atoms with Crippen molar-refractivity contribution in [3.05, 3.63) is 97.2 Å². The van der Waals surface area contributed by atoms with Crippen LogP contribution in [-0.2, 0) is 28.6 Å². The monoisotopic (exact) mass is 1060 g/mol. The maximum atomic E-state index is 12.9. The highest BCUT2D eigenvalue weighted by Crippen LogP contribution is 2.16. The Morgan fingerprint density at radius 2 is 0.526 bits per heavy atom. The highest BCUT2D eigenvalue weighted by atomic mass is 16.6. The lowest BCUT2D eigenvalue weighted by Gasteiger charge is -2.18. The number of rotatable bonds is 58. The first-order valence-electron chi connectivity index (χ1n) is 32.2. The lowest BCUT2D eigenvalue weighted by molar-refractivity contribution is -0.167. The van der Waals surface area contributed by atoms with Crippen molar-refractivity contribution in [2.75, 3.05) is 13.2 Å². The van der Waals surface area contributed by atoms with Gasteiger partial charge in [-0.2, -0.15) is 0 Å². The summed E-state index contributed by atoms with van der Waals surface area (Å²) < 4.78 is 16.9. The summed E-state index contributed by atoms with van der Waals surface area (Å²) in [5.74, 6) is -0.949. The molecule has 0 aliphatic heterocycles. The molecule has 0 N–H and O–H groups in total. The molecule has 0 radical (unpaired) electrons. The minimum Gasteiger partial charge on any atom is -0.462 e. The van der Waals surface area contributed by atoms with Gasteiger partial charge in [-0.1, -0.05) is 291 Å². The molecule has 0 bridgehead atoms. The van der Waals surface area contributed by atoms with E-state index in [0.717, 1.165) is 89.9 Å². The standard InChI is InChI=1S/C70H120O6/c1-4-7-10-13-16-19-22-25-28-30-31-32-33-34-35-36-37-38-39-41-42-45-48-51-54-57-60-63-69(72)75-66-67(65-74-68(71)62-59-56-53-50-47-44-27-24-21-18-15-12-9-6-3)76-70(73)64-61-58-55-52-49-46-43-40-29-26-23-20-17-14-11-8-5-2/h8,11,17,20,22,25-26,29-31,33-34,43,46,52,55,67H,4-7,9-10,12-16,18-19,21,23-24,27-28,32,35-42,44-45,47-51,53-54,56-66H2,1-3H3/b11-8-,20-17-,25-22-,29-26-,31-30-,34-33-,46-43-,55-52-. The molecule has 6 heteroatoms. The zero-order valence-electron chi connectivity index (χ0n) is 50.0. The molecule has 0 amide bonds. The average molecular weight is 1060 g/mol. The molecule has 0 aliphatic rings. The molecule has 1 atom stereocenters. The largest absolute Gasteiger partial charge is 0.462 e. The van der Waals surface area contributed by atoms with Gasteiger partial charge in [0.1, 0.15) is 13.2 Å². The van der Waals surface area contributed by atoms with Crippen molar-refractivity contribution in [1.82, 2.24) is 0 Å². The molecule has 436 valence electrons. The van der Waals surface area contributed by atoms with Crippen LogP contribution in [0.2, 0.25) is 0 Å². The van der Waals surface area contributed by atoms with E-state index in [9.17, 15) is 14.4 Å². The molecule has 0 fully saturated rings. The van der Waals surface area contributed by atoms with Crippen molar-refractivity contribution in [1.29, 1.82) is 0 Å². The Bertz CT molecular complexity index is 1490. The number of carbonyl (C=O) groups is 3. The number of ether oxygens (including phenoxy) is 3. The quantitative estimate of drug-likeness (QED) is 0.0261. The van der Waals surface area contributed by atoms with Gasteiger partial charge in [-0.3, -0.25) is 14.4 Å². The Balaban J connectivity index is 4.35. The predicted octanol–water partition coefficient (Wildman–Crippen LogP) is 22.0. The van der Waals surface area contributed by atoms with E-state index < -0.39 is 6.10 Å². The maximum Gasteiger partial charge on any atom is 0.306 e. The van der Waals surface area contributed by atoms with Gasteiger partial charge in [0.2, 0.25) is 0 Å². The number of hydrogen-bond donors (Lipinski definition) is 0. The summed E-state index contributed by atoms with van der Waals surface area (Å²) >= 11 is 0. The van der Waals surface area contributed by atoms with Gasteiger partial charge in [0, 0.05) is 19.3 Å². The van der Waals surface area contributed by atoms with Gasteiger partial charge in [0.25, 0.3) is 0 Å². The molecule has 0 aromatic carbocycles. The lowest BCUT2D eigenvalue weighted by Crippen LogP contribution is -2.30. The van der Waals surface area contributed by atoms with Crippen LogP contribution in [0, 0.1) is 0 Å². The van der Waals surface area contributed by atoms with Crippen molar-refractivity contribution in [2.24, 2.45) is 0 Å². The maximum absolute atomic E-state index is 12.9. The van der Waals surface area contributed by atoms with Crippen LogP contribution in [0.4, 0.5) is 0 Å². The summed E-state index contributed by atoms with van der Waals surface area (Å²) in [4.78, 5) is 38.3. The fraction of sp³-hybridized carbons (Fsp3) is 0.729. The van der Waals surface area contributed by atoms with Crippen LogP contribution in [0.15, 0.2) is 97.2 Å². The first kappa shape index (κ1) is 72.3. The Morgan fingerprint density at radius 3 is 0.842 bits per heavy atom. The smallest absolute Gasteiger partial charge is 0.306 e. The summed E-state index contributed by atoms with van der Waals surface area (Å²) in [6, 6.07) is 0. The van der Waals surface area contributed by atoms with Crippen molar-refractivity contribution in [3.63, 3.8) is 0 Å². The van der Waals surface area contributed by atoms with Gasteiger partial charge in [0.15, 0.2) is 6.10 Å². The van der Waals surface area contributed by atoms with E-state index in [-0.39, 0.29) is 37.5 Å². The van der Waals surface area contributed by atoms with E-state index in [1.54, 1.807) is 0 Å². The van der Waals surface area contributed by atoms with Crippen LogP contribution in [-0.4, -0.2) is 37.2 Å². The molecule has 0 aliphatic carbocycles. The van der Waals surface area contributed by atoms with Gasteiger partial charge in [-0.15, -0.1) is 0 Å². The van der Waals surface area contributed by atoms with Gasteiger partial charge >= 0.3 is 17.9 Å². The SMILES string of the molecule is CC/C=C\C/C=C\C/C=C\C/C=C\C/C=C\CCCC(=O)OC(COC(=O)CCCCCCCCCCCCCC/C=C\C/C=C\C/C=C\CCCCCCC)COC(=O)CCCCCCCCCCCCCCCC. The fourth-order valence-corrected chi connectivity index (χ4v) is 9.02. The van der Waals surface area contributed by atoms with Crippen LogP contribution >= 0.6 is 0 Å². The Morgan fingerprint density at radius 1 is 0.276 bits per heavy atom. The lowest BCUT2D eigenvalue weighted by atomic mass is 10.0. The zero-order valence-corrected chi connectivity index (χ0v) is 50.0. The molecular formula is C70H120O6. The molecule has 0 heterocycles. The van der Waals surface area contributed by atoms with Gasteiger partial charge in [-0.05, 0) is 96.3 Å². The van der Waals surface area contributed by atoms with Gasteiger partial charge in [-0.25, -0.2) is 0 Å². The number of hydrogen-bond acceptors (Lipinski definition) is 6. The highest BCUT2D eigenvalue weighted by molar-refractivity contribution is 5.71. The minimum absolute atomic E-state index is 0.0981. The number of unbranched alkanes of at least 4 members (excludes halogenated alkanes) is 31. The topological polar surface area (TPSA) is 78.9 Å². The summed E-state index contributed by atoms with van der Waals surface area (Å²) in [5.41, 5.74) is 0. The summed E-state index contributed by atoms with van der Waals surface area (Å²) in [7, 11) is 0. The van der Waals surface area contributed by atoms with Crippen LogP contribution in [0.3, 0.4) is 0 Å². The third kappa shape index (κ3) is 61.2. The number of esters is 3. The minimum atomic E-state index is -0.808. The Kier molecular flexibility index (Phi) is 60.8. The van der Waals surface area contributed by atoms with Crippen LogP contribution in [0.5, 0.6) is 0 Å². The van der Waals surface area contributed by atoms with Crippen molar-refractivity contribution in [3.8, 4) is 0 Å². The van der Waals surface area contributed by atoms with E-state index in [1.165, 1.54) is 173 Å². The van der Waals surface area contributed by atoms with Crippen molar-refractivity contribution in [2.45, 2.75) is 316 Å². The number of carbonyl (C=O) groups excluding carboxylic acids is 3. The van der Waals surface area contributed by atoms with Gasteiger partial charge in [0.05, 0.1) is 0 Å². The number of allylic oxidation sites excluding steroid dienone is 16. The molecule has 0 saturated heterocycles. The zero-order chi connectivity index (χ0) is 55.0. The molecule has 0 aromatic rings. The summed E-state index contributed by atoms with van der Waals surface area (Å²) in [6.45, 7) is 6.49. The first-order valence-corrected chi connectivity index (χ1v) is 32.2. The van der Waals surface area contributed by atoms with Crippen molar-refractivity contribution < 1.29 is 28.6 Å². The molecular weight excluding hydrogens is 937 g/mol. The third-order valence-corrected chi connectivity index (χ3v) is 13.8. The van der Waals surface area contributed by atoms with Crippen LogP contribution in [0.1, 0.15) is 310 Å². The molecule has 0 aromatic heterocycles. The second kappa shape index (κ2) is 63.9. The summed E-state index contributed by atoms with van der Waals surface area (Å²) in [6.07, 6.45) is 85.6. The van der Waals surface area contributed by atoms with Crippen LogP contribution < -0.4 is 0 Å². The van der Waals surface area contributed by atoms with E-state index in [1.807, 2.05) is 0 Å². The molecule has 76 heavy (non-hydrogen) atoms. The normalized spacial score (nSPS) is 12.7. The van der Waals surface area contributed by atoms with Crippen molar-refractivity contribution >= 4 is 17.9 Å². The summed E-state index contributed by atoms with van der Waals surface area (Å²) in [5, 5.41) is 0. The van der Waals surface area contributed by atoms with E-state index >= 15 is 0 Å². The first-order chi connectivity index (χ1) is 37.5. The molecule has 0 rings (SSSR count). The molecule has 0 spiro atoms. The highest BCUT2D eigenvalue weighted by Gasteiger charge is 2.19. The molecule has 0 saturated carbocycles. The predicted molar refractivity (Wildman–Crippen MR) is 330 cm³/mol. The van der Waals surface area contributed by atoms with E-state index in [4.69, 9.17) is 14.2 Å². The molecule has 1 unspecified atom stereocenters.